The Morgan fingerprint density at radius 2 is 2.15 bits per heavy atom. The summed E-state index contributed by atoms with van der Waals surface area (Å²) in [6.07, 6.45) is 2.59. The molecule has 0 radical (unpaired) electrons. The molecule has 0 fully saturated rings. The summed E-state index contributed by atoms with van der Waals surface area (Å²) >= 11 is 3.52. The van der Waals surface area contributed by atoms with Gasteiger partial charge in [-0.15, -0.1) is 0 Å². The van der Waals surface area contributed by atoms with Crippen LogP contribution in [-0.2, 0) is 6.42 Å². The zero-order valence-corrected chi connectivity index (χ0v) is 13.1. The van der Waals surface area contributed by atoms with Crippen molar-refractivity contribution < 1.29 is 4.74 Å². The number of methoxy groups -OCH3 is 1. The molecule has 0 aliphatic carbocycles. The number of pyridine rings is 1. The summed E-state index contributed by atoms with van der Waals surface area (Å²) in [5, 5.41) is 3.33. The molecule has 4 nitrogen and oxygen atoms in total. The third kappa shape index (κ3) is 3.49. The molecule has 3 N–H and O–H groups in total. The predicted molar refractivity (Wildman–Crippen MR) is 84.8 cm³/mol. The van der Waals surface area contributed by atoms with Crippen LogP contribution in [0.3, 0.4) is 0 Å². The van der Waals surface area contributed by atoms with Crippen LogP contribution in [0.2, 0.25) is 0 Å². The molecule has 1 heterocycles. The first-order valence-corrected chi connectivity index (χ1v) is 7.14. The zero-order valence-electron chi connectivity index (χ0n) is 11.6. The summed E-state index contributed by atoms with van der Waals surface area (Å²) in [6.45, 7) is 0. The summed E-state index contributed by atoms with van der Waals surface area (Å²) in [4.78, 5) is 4.02. The normalized spacial score (nSPS) is 12.2. The molecule has 0 bridgehead atoms. The van der Waals surface area contributed by atoms with Crippen LogP contribution in [0.4, 0.5) is 5.82 Å². The summed E-state index contributed by atoms with van der Waals surface area (Å²) in [6, 6.07) is 10.2. The quantitative estimate of drug-likeness (QED) is 0.881. The molecule has 20 heavy (non-hydrogen) atoms. The van der Waals surface area contributed by atoms with E-state index in [-0.39, 0.29) is 6.04 Å². The van der Waals surface area contributed by atoms with Gasteiger partial charge in [-0.05, 0) is 64.8 Å². The van der Waals surface area contributed by atoms with Crippen molar-refractivity contribution in [3.05, 3.63) is 52.1 Å². The van der Waals surface area contributed by atoms with Crippen molar-refractivity contribution >= 4 is 21.7 Å². The smallest absolute Gasteiger partial charge is 0.133 e. The number of nitrogens with one attached hydrogen (secondary N) is 1. The summed E-state index contributed by atoms with van der Waals surface area (Å²) in [5.41, 5.74) is 8.07. The number of nitrogens with zero attached hydrogens (tertiary/aromatic N) is 1. The fourth-order valence-electron chi connectivity index (χ4n) is 2.14. The van der Waals surface area contributed by atoms with Crippen LogP contribution in [0.25, 0.3) is 0 Å². The van der Waals surface area contributed by atoms with Crippen molar-refractivity contribution in [3.8, 4) is 5.75 Å². The van der Waals surface area contributed by atoms with E-state index in [2.05, 4.69) is 38.4 Å². The van der Waals surface area contributed by atoms with Crippen LogP contribution in [-0.4, -0.2) is 19.1 Å². The highest BCUT2D eigenvalue weighted by molar-refractivity contribution is 9.10. The molecule has 2 aromatic rings. The van der Waals surface area contributed by atoms with Crippen LogP contribution in [0.1, 0.15) is 17.2 Å². The lowest BCUT2D eigenvalue weighted by atomic mass is 9.99. The van der Waals surface area contributed by atoms with Gasteiger partial charge in [0.25, 0.3) is 0 Å². The van der Waals surface area contributed by atoms with E-state index >= 15 is 0 Å². The number of nitrogen functional groups attached to an aromatic ring is 1. The molecule has 0 saturated heterocycles. The van der Waals surface area contributed by atoms with E-state index in [1.807, 2.05) is 25.2 Å². The SMILES string of the molecule is CNC(Cc1ccnc(N)c1)c1ccc(OC)c(Br)c1. The van der Waals surface area contributed by atoms with Crippen molar-refractivity contribution in [1.29, 1.82) is 0 Å². The maximum Gasteiger partial charge on any atom is 0.133 e. The lowest BCUT2D eigenvalue weighted by Crippen LogP contribution is -2.19. The monoisotopic (exact) mass is 335 g/mol. The number of nitrogens with two attached hydrogens (primary N) is 1. The van der Waals surface area contributed by atoms with Crippen molar-refractivity contribution in [1.82, 2.24) is 10.3 Å². The van der Waals surface area contributed by atoms with Gasteiger partial charge in [-0.2, -0.15) is 0 Å². The maximum atomic E-state index is 5.72. The second-order valence-corrected chi connectivity index (χ2v) is 5.38. The van der Waals surface area contributed by atoms with Gasteiger partial charge in [0.05, 0.1) is 11.6 Å². The van der Waals surface area contributed by atoms with Crippen molar-refractivity contribution in [2.75, 3.05) is 19.9 Å². The number of hydrogen-bond donors (Lipinski definition) is 2. The third-order valence-corrected chi connectivity index (χ3v) is 3.83. The van der Waals surface area contributed by atoms with Gasteiger partial charge in [-0.25, -0.2) is 4.98 Å². The minimum Gasteiger partial charge on any atom is -0.496 e. The number of ether oxygens (including phenoxy) is 1. The second-order valence-electron chi connectivity index (χ2n) is 4.53. The molecule has 5 heteroatoms. The molecule has 1 aromatic heterocycles. The molecule has 1 aromatic carbocycles. The maximum absolute atomic E-state index is 5.72. The second kappa shape index (κ2) is 6.72. The fourth-order valence-corrected chi connectivity index (χ4v) is 2.70. The zero-order chi connectivity index (χ0) is 14.5. The minimum atomic E-state index is 0.207. The Morgan fingerprint density at radius 1 is 1.35 bits per heavy atom. The van der Waals surface area contributed by atoms with Gasteiger partial charge >= 0.3 is 0 Å². The number of halogens is 1. The van der Waals surface area contributed by atoms with Crippen LogP contribution < -0.4 is 15.8 Å². The van der Waals surface area contributed by atoms with Gasteiger partial charge in [0.1, 0.15) is 11.6 Å². The molecular formula is C15H18BrN3O. The molecule has 106 valence electrons. The first-order valence-electron chi connectivity index (χ1n) is 6.35. The van der Waals surface area contributed by atoms with E-state index in [9.17, 15) is 0 Å². The van der Waals surface area contributed by atoms with Crippen molar-refractivity contribution in [2.24, 2.45) is 0 Å². The Bertz CT molecular complexity index is 589. The molecule has 2 rings (SSSR count). The van der Waals surface area contributed by atoms with Crippen molar-refractivity contribution in [3.63, 3.8) is 0 Å². The Morgan fingerprint density at radius 3 is 2.75 bits per heavy atom. The average Bonchev–Trinajstić information content (AvgIpc) is 2.44. The molecule has 0 saturated carbocycles. The average molecular weight is 336 g/mol. The topological polar surface area (TPSA) is 60.2 Å². The Hall–Kier alpha value is -1.59. The molecule has 1 unspecified atom stereocenters. The van der Waals surface area contributed by atoms with Crippen LogP contribution in [0, 0.1) is 0 Å². The highest BCUT2D eigenvalue weighted by atomic mass is 79.9. The fraction of sp³-hybridized carbons (Fsp3) is 0.267. The van der Waals surface area contributed by atoms with E-state index < -0.39 is 0 Å². The first-order chi connectivity index (χ1) is 9.63. The molecule has 1 atom stereocenters. The lowest BCUT2D eigenvalue weighted by molar-refractivity contribution is 0.411. The van der Waals surface area contributed by atoms with Gasteiger partial charge < -0.3 is 15.8 Å². The number of benzene rings is 1. The highest BCUT2D eigenvalue weighted by Crippen LogP contribution is 2.29. The van der Waals surface area contributed by atoms with Crippen molar-refractivity contribution in [2.45, 2.75) is 12.5 Å². The standard InChI is InChI=1S/C15H18BrN3O/c1-18-13(7-10-5-6-19-15(17)8-10)11-3-4-14(20-2)12(16)9-11/h3-6,8-9,13,18H,7H2,1-2H3,(H2,17,19). The number of likely N-dealkylation sites (N-methyl/N-ethyl adjacent to an activating group) is 1. The van der Waals surface area contributed by atoms with Crippen LogP contribution in [0.5, 0.6) is 5.75 Å². The summed E-state index contributed by atoms with van der Waals surface area (Å²) in [5.74, 6) is 1.38. The van der Waals surface area contributed by atoms with E-state index in [4.69, 9.17) is 10.5 Å². The van der Waals surface area contributed by atoms with Gasteiger partial charge in [0, 0.05) is 12.2 Å². The predicted octanol–water partition coefficient (Wildman–Crippen LogP) is 2.94. The molecule has 0 spiro atoms. The van der Waals surface area contributed by atoms with Gasteiger partial charge in [0.15, 0.2) is 0 Å². The van der Waals surface area contributed by atoms with Gasteiger partial charge in [-0.1, -0.05) is 6.07 Å². The van der Waals surface area contributed by atoms with Crippen LogP contribution >= 0.6 is 15.9 Å². The largest absolute Gasteiger partial charge is 0.496 e. The van der Waals surface area contributed by atoms with E-state index in [0.29, 0.717) is 5.82 Å². The third-order valence-electron chi connectivity index (χ3n) is 3.21. The highest BCUT2D eigenvalue weighted by Gasteiger charge is 2.12. The van der Waals surface area contributed by atoms with Gasteiger partial charge in [0.2, 0.25) is 0 Å². The van der Waals surface area contributed by atoms with Gasteiger partial charge in [-0.3, -0.25) is 0 Å². The van der Waals surface area contributed by atoms with E-state index in [1.54, 1.807) is 13.3 Å². The molecule has 0 aliphatic heterocycles. The first kappa shape index (κ1) is 14.8. The summed E-state index contributed by atoms with van der Waals surface area (Å²) in [7, 11) is 3.61. The molecule has 0 amide bonds. The Balaban J connectivity index is 2.22. The number of anilines is 1. The minimum absolute atomic E-state index is 0.207. The van der Waals surface area contributed by atoms with E-state index in [1.165, 1.54) is 5.56 Å². The van der Waals surface area contributed by atoms with Crippen LogP contribution in [0.15, 0.2) is 41.0 Å². The lowest BCUT2D eigenvalue weighted by Gasteiger charge is -2.18. The number of hydrogen-bond acceptors (Lipinski definition) is 4. The Labute approximate surface area is 127 Å². The van der Waals surface area contributed by atoms with E-state index in [0.717, 1.165) is 22.2 Å². The number of aromatic nitrogens is 1. The molecular weight excluding hydrogens is 318 g/mol. The summed E-state index contributed by atoms with van der Waals surface area (Å²) < 4.78 is 6.21. The Kier molecular flexibility index (Phi) is 4.98. The number of rotatable bonds is 5. The molecule has 0 aliphatic rings.